The van der Waals surface area contributed by atoms with E-state index in [0.29, 0.717) is 0 Å². The van der Waals surface area contributed by atoms with Gasteiger partial charge in [0.1, 0.15) is 6.67 Å². The highest BCUT2D eigenvalue weighted by molar-refractivity contribution is 5.92. The van der Waals surface area contributed by atoms with Gasteiger partial charge in [-0.2, -0.15) is 0 Å². The smallest absolute Gasteiger partial charge is 0.249 e. The number of halogens is 1. The van der Waals surface area contributed by atoms with Crippen molar-refractivity contribution in [3.05, 3.63) is 12.2 Å². The van der Waals surface area contributed by atoms with Gasteiger partial charge >= 0.3 is 0 Å². The Kier molecular flexibility index (Phi) is 2.84. The van der Waals surface area contributed by atoms with Crippen LogP contribution in [0.3, 0.4) is 0 Å². The minimum atomic E-state index is -0.778. The Morgan fingerprint density at radius 3 is 2.50 bits per heavy atom. The fourth-order valence-electron chi connectivity index (χ4n) is 0.237. The first kappa shape index (κ1) is 7.14. The van der Waals surface area contributed by atoms with Crippen LogP contribution < -0.4 is 5.32 Å². The maximum absolute atomic E-state index is 11.5. The molecule has 0 heterocycles. The van der Waals surface area contributed by atoms with Crippen LogP contribution in [0.15, 0.2) is 12.2 Å². The van der Waals surface area contributed by atoms with Crippen LogP contribution in [0.1, 0.15) is 0 Å². The standard InChI is InChI=1S/C5H8FNO/c1-4(3-6)5(8)7-2/h1,3H2,2H3,(H,7,8). The summed E-state index contributed by atoms with van der Waals surface area (Å²) in [7, 11) is 1.43. The minimum absolute atomic E-state index is 0.0347. The lowest BCUT2D eigenvalue weighted by atomic mass is 10.3. The number of alkyl halides is 1. The number of carbonyl (C=O) groups excluding carboxylic acids is 1. The number of carbonyl (C=O) groups is 1. The molecule has 0 saturated carbocycles. The minimum Gasteiger partial charge on any atom is -0.355 e. The molecule has 0 atom stereocenters. The Balaban J connectivity index is 3.64. The van der Waals surface area contributed by atoms with E-state index in [1.165, 1.54) is 7.05 Å². The molecule has 1 amide bonds. The van der Waals surface area contributed by atoms with Gasteiger partial charge in [0.25, 0.3) is 0 Å². The summed E-state index contributed by atoms with van der Waals surface area (Å²) in [6.45, 7) is 2.38. The van der Waals surface area contributed by atoms with Gasteiger partial charge in [0.05, 0.1) is 0 Å². The molecule has 2 nitrogen and oxygen atoms in total. The van der Waals surface area contributed by atoms with Crippen molar-refractivity contribution in [3.63, 3.8) is 0 Å². The Bertz CT molecular complexity index is 97.0. The molecule has 0 rings (SSSR count). The molecule has 0 aromatic rings. The number of nitrogens with one attached hydrogen (secondary N) is 1. The van der Waals surface area contributed by atoms with Crippen molar-refractivity contribution in [2.45, 2.75) is 0 Å². The largest absolute Gasteiger partial charge is 0.355 e. The second-order valence-electron chi connectivity index (χ2n) is 1.32. The van der Waals surface area contributed by atoms with Gasteiger partial charge in [0.15, 0.2) is 0 Å². The Morgan fingerprint density at radius 2 is 2.38 bits per heavy atom. The summed E-state index contributed by atoms with van der Waals surface area (Å²) < 4.78 is 11.5. The molecule has 0 saturated heterocycles. The summed E-state index contributed by atoms with van der Waals surface area (Å²) in [6, 6.07) is 0. The van der Waals surface area contributed by atoms with Crippen LogP contribution in [0.4, 0.5) is 4.39 Å². The first-order valence-corrected chi connectivity index (χ1v) is 2.18. The van der Waals surface area contributed by atoms with Crippen LogP contribution >= 0.6 is 0 Å². The Labute approximate surface area is 47.4 Å². The predicted molar refractivity (Wildman–Crippen MR) is 29.2 cm³/mol. The third-order valence-corrected chi connectivity index (χ3v) is 0.709. The van der Waals surface area contributed by atoms with Crippen LogP contribution in [0.5, 0.6) is 0 Å². The van der Waals surface area contributed by atoms with Crippen LogP contribution in [0.25, 0.3) is 0 Å². The lowest BCUT2D eigenvalue weighted by molar-refractivity contribution is -0.117. The van der Waals surface area contributed by atoms with Crippen LogP contribution in [-0.2, 0) is 4.79 Å². The van der Waals surface area contributed by atoms with Crippen molar-refractivity contribution in [2.75, 3.05) is 13.7 Å². The van der Waals surface area contributed by atoms with E-state index < -0.39 is 12.6 Å². The molecule has 0 fully saturated rings. The maximum atomic E-state index is 11.5. The summed E-state index contributed by atoms with van der Waals surface area (Å²) in [5.41, 5.74) is -0.0347. The zero-order chi connectivity index (χ0) is 6.57. The van der Waals surface area contributed by atoms with Gasteiger partial charge < -0.3 is 5.32 Å². The van der Waals surface area contributed by atoms with E-state index >= 15 is 0 Å². The monoisotopic (exact) mass is 117 g/mol. The second-order valence-corrected chi connectivity index (χ2v) is 1.32. The second kappa shape index (κ2) is 3.18. The third-order valence-electron chi connectivity index (χ3n) is 0.709. The molecule has 0 aliphatic heterocycles. The van der Waals surface area contributed by atoms with Crippen molar-refractivity contribution in [1.82, 2.24) is 5.32 Å². The lowest BCUT2D eigenvalue weighted by Gasteiger charge is -1.94. The van der Waals surface area contributed by atoms with E-state index in [9.17, 15) is 9.18 Å². The first-order valence-electron chi connectivity index (χ1n) is 2.18. The van der Waals surface area contributed by atoms with E-state index in [4.69, 9.17) is 0 Å². The quantitative estimate of drug-likeness (QED) is 0.516. The average molecular weight is 117 g/mol. The maximum Gasteiger partial charge on any atom is 0.249 e. The fourth-order valence-corrected chi connectivity index (χ4v) is 0.237. The van der Waals surface area contributed by atoms with E-state index in [-0.39, 0.29) is 5.57 Å². The normalized spacial score (nSPS) is 8.25. The van der Waals surface area contributed by atoms with Gasteiger partial charge in [-0.3, -0.25) is 4.79 Å². The lowest BCUT2D eigenvalue weighted by Crippen LogP contribution is -2.20. The molecule has 0 aromatic carbocycles. The molecule has 0 aromatic heterocycles. The molecular weight excluding hydrogens is 109 g/mol. The number of hydrogen-bond donors (Lipinski definition) is 1. The van der Waals surface area contributed by atoms with Crippen molar-refractivity contribution < 1.29 is 9.18 Å². The van der Waals surface area contributed by atoms with Crippen LogP contribution in [-0.4, -0.2) is 19.6 Å². The molecule has 0 aliphatic rings. The molecule has 0 aliphatic carbocycles. The zero-order valence-corrected chi connectivity index (χ0v) is 4.70. The molecule has 46 valence electrons. The highest BCUT2D eigenvalue weighted by Gasteiger charge is 2.00. The number of hydrogen-bond acceptors (Lipinski definition) is 1. The number of likely N-dealkylation sites (N-methyl/N-ethyl adjacent to an activating group) is 1. The fraction of sp³-hybridized carbons (Fsp3) is 0.400. The zero-order valence-electron chi connectivity index (χ0n) is 4.70. The molecule has 0 unspecified atom stereocenters. The SMILES string of the molecule is C=C(CF)C(=O)NC. The highest BCUT2D eigenvalue weighted by Crippen LogP contribution is 1.87. The summed E-state index contributed by atoms with van der Waals surface area (Å²) in [5, 5.41) is 2.24. The molecule has 0 radical (unpaired) electrons. The van der Waals surface area contributed by atoms with E-state index in [0.717, 1.165) is 0 Å². The molecule has 1 N–H and O–H groups in total. The van der Waals surface area contributed by atoms with Crippen molar-refractivity contribution in [2.24, 2.45) is 0 Å². The van der Waals surface area contributed by atoms with Gasteiger partial charge in [-0.15, -0.1) is 0 Å². The summed E-state index contributed by atoms with van der Waals surface area (Å²) >= 11 is 0. The Hall–Kier alpha value is -0.860. The summed E-state index contributed by atoms with van der Waals surface area (Å²) in [6.07, 6.45) is 0. The van der Waals surface area contributed by atoms with Gasteiger partial charge in [-0.1, -0.05) is 6.58 Å². The molecular formula is C5H8FNO. The van der Waals surface area contributed by atoms with Gasteiger partial charge in [0, 0.05) is 12.6 Å². The van der Waals surface area contributed by atoms with Crippen molar-refractivity contribution in [3.8, 4) is 0 Å². The van der Waals surface area contributed by atoms with Crippen molar-refractivity contribution in [1.29, 1.82) is 0 Å². The van der Waals surface area contributed by atoms with E-state index in [2.05, 4.69) is 11.9 Å². The Morgan fingerprint density at radius 1 is 1.88 bits per heavy atom. The molecule has 3 heteroatoms. The highest BCUT2D eigenvalue weighted by atomic mass is 19.1. The van der Waals surface area contributed by atoms with Crippen LogP contribution in [0, 0.1) is 0 Å². The molecule has 8 heavy (non-hydrogen) atoms. The molecule has 0 bridgehead atoms. The van der Waals surface area contributed by atoms with Crippen LogP contribution in [0.2, 0.25) is 0 Å². The van der Waals surface area contributed by atoms with E-state index in [1.807, 2.05) is 0 Å². The topological polar surface area (TPSA) is 29.1 Å². The molecule has 0 spiro atoms. The average Bonchev–Trinajstić information content (AvgIpc) is 1.84. The first-order chi connectivity index (χ1) is 3.72. The number of amides is 1. The van der Waals surface area contributed by atoms with E-state index in [1.54, 1.807) is 0 Å². The summed E-state index contributed by atoms with van der Waals surface area (Å²) in [4.78, 5) is 10.3. The number of rotatable bonds is 2. The van der Waals surface area contributed by atoms with Gasteiger partial charge in [0.2, 0.25) is 5.91 Å². The third kappa shape index (κ3) is 1.73. The summed E-state index contributed by atoms with van der Waals surface area (Å²) in [5.74, 6) is -0.438. The van der Waals surface area contributed by atoms with Gasteiger partial charge in [-0.25, -0.2) is 4.39 Å². The predicted octanol–water partition coefficient (Wildman–Crippen LogP) is 0.258. The van der Waals surface area contributed by atoms with Crippen molar-refractivity contribution >= 4 is 5.91 Å². The van der Waals surface area contributed by atoms with Gasteiger partial charge in [-0.05, 0) is 0 Å².